The van der Waals surface area contributed by atoms with Crippen molar-refractivity contribution >= 4 is 5.91 Å². The van der Waals surface area contributed by atoms with Gasteiger partial charge in [0.1, 0.15) is 0 Å². The summed E-state index contributed by atoms with van der Waals surface area (Å²) in [4.78, 5) is 10.0. The van der Waals surface area contributed by atoms with Crippen molar-refractivity contribution in [1.29, 1.82) is 0 Å². The molecule has 0 heterocycles. The summed E-state index contributed by atoms with van der Waals surface area (Å²) in [6, 6.07) is 0. The molecule has 1 N–H and O–H groups in total. The molecule has 1 amide bonds. The topological polar surface area (TPSA) is 40.9 Å². The Balaban J connectivity index is 1.95. The van der Waals surface area contributed by atoms with E-state index in [2.05, 4.69) is 0 Å². The van der Waals surface area contributed by atoms with E-state index in [1.54, 1.807) is 0 Å². The third-order valence-corrected chi connectivity index (χ3v) is 1.48. The number of hydrogen-bond donors (Lipinski definition) is 0. The van der Waals surface area contributed by atoms with E-state index in [1.807, 2.05) is 0 Å². The second-order valence-corrected chi connectivity index (χ2v) is 2.41. The van der Waals surface area contributed by atoms with Crippen molar-refractivity contribution in [3.05, 3.63) is 0 Å². The van der Waals surface area contributed by atoms with Crippen LogP contribution in [0.2, 0.25) is 0 Å². The van der Waals surface area contributed by atoms with Crippen molar-refractivity contribution in [1.82, 2.24) is 5.73 Å². The van der Waals surface area contributed by atoms with Crippen molar-refractivity contribution in [2.24, 2.45) is 5.92 Å². The fourth-order valence-corrected chi connectivity index (χ4v) is 0.742. The fourth-order valence-electron chi connectivity index (χ4n) is 0.742. The molecule has 1 aliphatic carbocycles. The Hall–Kier alpha value is -0.530. The first-order valence-electron chi connectivity index (χ1n) is 3.03. The largest absolute Gasteiger partial charge is 0.273 e. The predicted molar refractivity (Wildman–Crippen MR) is 30.1 cm³/mol. The highest BCUT2D eigenvalue weighted by Crippen LogP contribution is 2.33. The molecule has 45 valence electrons. The summed E-state index contributed by atoms with van der Waals surface area (Å²) in [5.74, 6) is 0.390. The van der Waals surface area contributed by atoms with Crippen molar-refractivity contribution in [2.45, 2.75) is 25.7 Å². The van der Waals surface area contributed by atoms with Crippen molar-refractivity contribution in [3.63, 3.8) is 0 Å². The Morgan fingerprint density at radius 2 is 2.25 bits per heavy atom. The zero-order valence-electron chi connectivity index (χ0n) is 4.81. The molecule has 1 fully saturated rings. The Bertz CT molecular complexity index is 96.7. The molecule has 0 aromatic heterocycles. The number of hydrogen-bond acceptors (Lipinski definition) is 1. The average Bonchev–Trinajstić information content (AvgIpc) is 2.41. The molecule has 0 bridgehead atoms. The van der Waals surface area contributed by atoms with E-state index in [4.69, 9.17) is 5.73 Å². The van der Waals surface area contributed by atoms with Gasteiger partial charge in [-0.1, -0.05) is 12.8 Å². The van der Waals surface area contributed by atoms with Crippen LogP contribution in [0.4, 0.5) is 0 Å². The second kappa shape index (κ2) is 2.16. The Morgan fingerprint density at radius 3 is 2.62 bits per heavy atom. The summed E-state index contributed by atoms with van der Waals surface area (Å²) in [5, 5.41) is 0. The highest BCUT2D eigenvalue weighted by Gasteiger charge is 2.20. The summed E-state index contributed by atoms with van der Waals surface area (Å²) >= 11 is 0. The summed E-state index contributed by atoms with van der Waals surface area (Å²) in [5.41, 5.74) is 6.56. The molecular weight excluding hydrogens is 102 g/mol. The quantitative estimate of drug-likeness (QED) is 0.536. The maximum Gasteiger partial charge on any atom is 0.238 e. The van der Waals surface area contributed by atoms with Crippen LogP contribution in [0, 0.1) is 5.92 Å². The van der Waals surface area contributed by atoms with Crippen LogP contribution in [0.5, 0.6) is 0 Å². The van der Waals surface area contributed by atoms with E-state index in [0.29, 0.717) is 6.42 Å². The molecule has 0 atom stereocenters. The zero-order valence-corrected chi connectivity index (χ0v) is 4.81. The first kappa shape index (κ1) is 5.60. The minimum absolute atomic E-state index is 0.406. The van der Waals surface area contributed by atoms with E-state index < -0.39 is 5.91 Å². The van der Waals surface area contributed by atoms with Crippen molar-refractivity contribution in [2.75, 3.05) is 0 Å². The average molecular weight is 112 g/mol. The number of carbonyl (C=O) groups is 1. The Morgan fingerprint density at radius 1 is 1.62 bits per heavy atom. The van der Waals surface area contributed by atoms with E-state index in [0.717, 1.165) is 12.3 Å². The Labute approximate surface area is 49.1 Å². The maximum absolute atomic E-state index is 10.0. The molecule has 1 radical (unpaired) electrons. The summed E-state index contributed by atoms with van der Waals surface area (Å²) in [6.45, 7) is 0. The van der Waals surface area contributed by atoms with Crippen LogP contribution < -0.4 is 5.73 Å². The SMILES string of the molecule is [NH]C(=O)CCC1CC1. The molecule has 0 unspecified atom stereocenters. The summed E-state index contributed by atoms with van der Waals surface area (Å²) < 4.78 is 0. The summed E-state index contributed by atoms with van der Waals surface area (Å²) in [7, 11) is 0. The molecule has 0 spiro atoms. The van der Waals surface area contributed by atoms with Gasteiger partial charge in [0.25, 0.3) is 0 Å². The van der Waals surface area contributed by atoms with Crippen LogP contribution in [-0.4, -0.2) is 5.91 Å². The lowest BCUT2D eigenvalue weighted by molar-refractivity contribution is -0.118. The van der Waals surface area contributed by atoms with Gasteiger partial charge < -0.3 is 0 Å². The predicted octanol–water partition coefficient (Wildman–Crippen LogP) is 0.986. The van der Waals surface area contributed by atoms with Crippen molar-refractivity contribution in [3.8, 4) is 0 Å². The van der Waals surface area contributed by atoms with Crippen molar-refractivity contribution < 1.29 is 4.79 Å². The van der Waals surface area contributed by atoms with Gasteiger partial charge in [-0.05, 0) is 12.3 Å². The number of carbonyl (C=O) groups excluding carboxylic acids is 1. The summed E-state index contributed by atoms with van der Waals surface area (Å²) in [6.07, 6.45) is 4.01. The highest BCUT2D eigenvalue weighted by atomic mass is 16.1. The van der Waals surface area contributed by atoms with Gasteiger partial charge in [0.15, 0.2) is 0 Å². The number of nitrogens with one attached hydrogen (secondary N) is 1. The molecule has 8 heavy (non-hydrogen) atoms. The molecule has 0 aliphatic heterocycles. The van der Waals surface area contributed by atoms with Crippen LogP contribution in [0.25, 0.3) is 0 Å². The van der Waals surface area contributed by atoms with E-state index >= 15 is 0 Å². The van der Waals surface area contributed by atoms with Gasteiger partial charge in [-0.15, -0.1) is 0 Å². The lowest BCUT2D eigenvalue weighted by Crippen LogP contribution is -1.96. The number of amides is 1. The van der Waals surface area contributed by atoms with E-state index in [9.17, 15) is 4.79 Å². The van der Waals surface area contributed by atoms with Crippen LogP contribution >= 0.6 is 0 Å². The minimum atomic E-state index is -0.406. The van der Waals surface area contributed by atoms with E-state index in [1.165, 1.54) is 12.8 Å². The van der Waals surface area contributed by atoms with Crippen LogP contribution in [0.15, 0.2) is 0 Å². The van der Waals surface area contributed by atoms with Gasteiger partial charge in [0.05, 0.1) is 0 Å². The van der Waals surface area contributed by atoms with Crippen LogP contribution in [-0.2, 0) is 4.79 Å². The highest BCUT2D eigenvalue weighted by molar-refractivity contribution is 5.72. The first-order chi connectivity index (χ1) is 3.79. The first-order valence-corrected chi connectivity index (χ1v) is 3.03. The third-order valence-electron chi connectivity index (χ3n) is 1.48. The zero-order chi connectivity index (χ0) is 5.98. The van der Waals surface area contributed by atoms with Gasteiger partial charge in [0.2, 0.25) is 5.91 Å². The maximum atomic E-state index is 10.0. The standard InChI is InChI=1S/C6H10NO/c7-6(8)4-3-5-1-2-5/h5,7H,1-4H2. The van der Waals surface area contributed by atoms with E-state index in [-0.39, 0.29) is 0 Å². The monoisotopic (exact) mass is 112 g/mol. The minimum Gasteiger partial charge on any atom is -0.273 e. The van der Waals surface area contributed by atoms with Gasteiger partial charge >= 0.3 is 0 Å². The Kier molecular flexibility index (Phi) is 1.51. The van der Waals surface area contributed by atoms with Gasteiger partial charge in [-0.2, -0.15) is 0 Å². The van der Waals surface area contributed by atoms with Crippen LogP contribution in [0.1, 0.15) is 25.7 Å². The molecule has 1 rings (SSSR count). The fraction of sp³-hybridized carbons (Fsp3) is 0.833. The normalized spacial score (nSPS) is 18.5. The molecular formula is C6H10NO. The van der Waals surface area contributed by atoms with Gasteiger partial charge in [-0.3, -0.25) is 10.5 Å². The van der Waals surface area contributed by atoms with Gasteiger partial charge in [-0.25, -0.2) is 0 Å². The molecule has 1 aliphatic rings. The van der Waals surface area contributed by atoms with Crippen LogP contribution in [0.3, 0.4) is 0 Å². The van der Waals surface area contributed by atoms with Gasteiger partial charge in [0, 0.05) is 6.42 Å². The molecule has 0 aromatic rings. The molecule has 2 heteroatoms. The molecule has 1 saturated carbocycles. The third kappa shape index (κ3) is 1.96. The second-order valence-electron chi connectivity index (χ2n) is 2.41. The molecule has 0 aromatic carbocycles. The smallest absolute Gasteiger partial charge is 0.238 e. The number of rotatable bonds is 3. The lowest BCUT2D eigenvalue weighted by atomic mass is 10.2. The molecule has 0 saturated heterocycles. The molecule has 2 nitrogen and oxygen atoms in total. The lowest BCUT2D eigenvalue weighted by Gasteiger charge is -1.87.